The summed E-state index contributed by atoms with van der Waals surface area (Å²) in [6.45, 7) is 1.28. The number of nitrogens with zero attached hydrogens (tertiary/aromatic N) is 2. The van der Waals surface area contributed by atoms with Gasteiger partial charge in [0.05, 0.1) is 12.6 Å². The zero-order valence-electron chi connectivity index (χ0n) is 17.6. The average Bonchev–Trinajstić information content (AvgIpc) is 3.45. The Balaban J connectivity index is 1.49. The smallest absolute Gasteiger partial charge is 0.249 e. The fourth-order valence-electron chi connectivity index (χ4n) is 3.94. The van der Waals surface area contributed by atoms with Crippen molar-refractivity contribution in [3.05, 3.63) is 52.0 Å². The summed E-state index contributed by atoms with van der Waals surface area (Å²) in [6, 6.07) is 7.96. The highest BCUT2D eigenvalue weighted by atomic mass is 32.1. The van der Waals surface area contributed by atoms with Gasteiger partial charge in [0, 0.05) is 25.1 Å². The number of carbonyl (C=O) groups is 2. The molecule has 1 atom stereocenters. The molecule has 4 rings (SSSR count). The molecule has 6 nitrogen and oxygen atoms in total. The Labute approximate surface area is 185 Å². The number of methoxy groups -OCH3 is 1. The van der Waals surface area contributed by atoms with Crippen LogP contribution in [0.5, 0.6) is 5.75 Å². The summed E-state index contributed by atoms with van der Waals surface area (Å²) in [7, 11) is 1.48. The van der Waals surface area contributed by atoms with Gasteiger partial charge < -0.3 is 19.3 Å². The summed E-state index contributed by atoms with van der Waals surface area (Å²) >= 11 is 1.66. The number of halogens is 1. The van der Waals surface area contributed by atoms with E-state index in [4.69, 9.17) is 9.47 Å². The van der Waals surface area contributed by atoms with Crippen molar-refractivity contribution in [1.82, 2.24) is 9.80 Å². The van der Waals surface area contributed by atoms with Gasteiger partial charge in [0.2, 0.25) is 11.8 Å². The predicted molar refractivity (Wildman–Crippen MR) is 116 cm³/mol. The summed E-state index contributed by atoms with van der Waals surface area (Å²) < 4.78 is 24.8. The van der Waals surface area contributed by atoms with Crippen molar-refractivity contribution in [2.75, 3.05) is 40.0 Å². The topological polar surface area (TPSA) is 59.1 Å². The zero-order chi connectivity index (χ0) is 21.8. The molecule has 0 bridgehead atoms. The Kier molecular flexibility index (Phi) is 6.87. The minimum absolute atomic E-state index is 0.0222. The normalized spacial score (nSPS) is 17.9. The first-order valence-corrected chi connectivity index (χ1v) is 11.4. The van der Waals surface area contributed by atoms with E-state index in [0.29, 0.717) is 19.0 Å². The lowest BCUT2D eigenvalue weighted by Gasteiger charge is -2.37. The molecule has 8 heteroatoms. The highest BCUT2D eigenvalue weighted by molar-refractivity contribution is 7.10. The quantitative estimate of drug-likeness (QED) is 0.593. The molecule has 1 aromatic heterocycles. The molecule has 166 valence electrons. The number of hydrogen-bond donors (Lipinski definition) is 0. The summed E-state index contributed by atoms with van der Waals surface area (Å²) in [5.74, 6) is -0.0803. The van der Waals surface area contributed by atoms with E-state index in [9.17, 15) is 14.0 Å². The number of para-hydroxylation sites is 1. The van der Waals surface area contributed by atoms with Crippen LogP contribution >= 0.6 is 11.3 Å². The van der Waals surface area contributed by atoms with Crippen LogP contribution in [0.1, 0.15) is 29.3 Å². The van der Waals surface area contributed by atoms with E-state index in [2.05, 4.69) is 0 Å². The van der Waals surface area contributed by atoms with E-state index in [0.717, 1.165) is 24.8 Å². The minimum atomic E-state index is -0.428. The van der Waals surface area contributed by atoms with Gasteiger partial charge >= 0.3 is 0 Å². The number of rotatable bonds is 9. The first-order valence-electron chi connectivity index (χ1n) is 10.6. The molecule has 0 radical (unpaired) electrons. The Morgan fingerprint density at radius 1 is 1.26 bits per heavy atom. The van der Waals surface area contributed by atoms with Crippen molar-refractivity contribution in [2.45, 2.75) is 25.3 Å². The molecule has 2 amide bonds. The van der Waals surface area contributed by atoms with Crippen LogP contribution in [0.3, 0.4) is 0 Å². The second kappa shape index (κ2) is 9.78. The largest absolute Gasteiger partial charge is 0.488 e. The fraction of sp³-hybridized carbons (Fsp3) is 0.478. The van der Waals surface area contributed by atoms with E-state index in [1.165, 1.54) is 18.1 Å². The van der Waals surface area contributed by atoms with Gasteiger partial charge in [-0.1, -0.05) is 12.1 Å². The molecule has 1 aliphatic heterocycles. The third-order valence-corrected chi connectivity index (χ3v) is 6.77. The summed E-state index contributed by atoms with van der Waals surface area (Å²) in [5, 5.41) is 2.01. The molecule has 1 aromatic carbocycles. The number of carbonyl (C=O) groups excluding carboxylic acids is 2. The lowest BCUT2D eigenvalue weighted by Crippen LogP contribution is -2.48. The first kappa shape index (κ1) is 21.8. The van der Waals surface area contributed by atoms with Crippen LogP contribution in [0.2, 0.25) is 0 Å². The van der Waals surface area contributed by atoms with E-state index in [-0.39, 0.29) is 43.4 Å². The Hall–Kier alpha value is -2.45. The van der Waals surface area contributed by atoms with Crippen molar-refractivity contribution in [2.24, 2.45) is 5.92 Å². The Bertz CT molecular complexity index is 930. The Morgan fingerprint density at radius 2 is 2.06 bits per heavy atom. The van der Waals surface area contributed by atoms with Gasteiger partial charge in [-0.2, -0.15) is 0 Å². The van der Waals surface area contributed by atoms with Crippen molar-refractivity contribution >= 4 is 23.2 Å². The highest BCUT2D eigenvalue weighted by Gasteiger charge is 2.35. The van der Waals surface area contributed by atoms with Gasteiger partial charge in [-0.25, -0.2) is 4.39 Å². The van der Waals surface area contributed by atoms with Gasteiger partial charge in [0.15, 0.2) is 11.6 Å². The molecule has 1 fully saturated rings. The number of thiophene rings is 1. The van der Waals surface area contributed by atoms with Crippen molar-refractivity contribution in [3.63, 3.8) is 0 Å². The second-order valence-electron chi connectivity index (χ2n) is 8.04. The van der Waals surface area contributed by atoms with Gasteiger partial charge in [-0.3, -0.25) is 9.59 Å². The van der Waals surface area contributed by atoms with Crippen LogP contribution in [0.25, 0.3) is 0 Å². The molecule has 0 N–H and O–H groups in total. The molecule has 0 saturated heterocycles. The van der Waals surface area contributed by atoms with E-state index < -0.39 is 5.82 Å². The molecule has 2 aromatic rings. The summed E-state index contributed by atoms with van der Waals surface area (Å²) in [6.07, 6.45) is 2.95. The maximum absolute atomic E-state index is 14.0. The molecule has 0 spiro atoms. The van der Waals surface area contributed by atoms with E-state index in [1.54, 1.807) is 39.3 Å². The van der Waals surface area contributed by atoms with Crippen molar-refractivity contribution in [1.29, 1.82) is 0 Å². The fourth-order valence-corrected chi connectivity index (χ4v) is 4.87. The van der Waals surface area contributed by atoms with Crippen LogP contribution in [0.15, 0.2) is 35.7 Å². The lowest BCUT2D eigenvalue weighted by atomic mass is 10.0. The molecule has 2 heterocycles. The highest BCUT2D eigenvalue weighted by Crippen LogP contribution is 2.35. The van der Waals surface area contributed by atoms with Gasteiger partial charge in [0.1, 0.15) is 13.2 Å². The first-order chi connectivity index (χ1) is 15.1. The minimum Gasteiger partial charge on any atom is -0.488 e. The zero-order valence-corrected chi connectivity index (χ0v) is 18.4. The SMILES string of the molecule is COCC(=O)N(CC(=O)N1CCc2sccc2[C@H]1COc1ccccc1F)CC1CC1. The molecule has 1 aliphatic carbocycles. The molecule has 0 unspecified atom stereocenters. The van der Waals surface area contributed by atoms with Crippen LogP contribution in [0.4, 0.5) is 4.39 Å². The molecular weight excluding hydrogens is 419 g/mol. The van der Waals surface area contributed by atoms with Crippen LogP contribution < -0.4 is 4.74 Å². The average molecular weight is 447 g/mol. The number of ether oxygens (including phenoxy) is 2. The van der Waals surface area contributed by atoms with E-state index in [1.807, 2.05) is 11.4 Å². The van der Waals surface area contributed by atoms with Crippen molar-refractivity contribution in [3.8, 4) is 5.75 Å². The molecule has 1 saturated carbocycles. The van der Waals surface area contributed by atoms with Crippen LogP contribution in [-0.4, -0.2) is 61.6 Å². The van der Waals surface area contributed by atoms with Gasteiger partial charge in [-0.05, 0) is 54.3 Å². The number of benzene rings is 1. The van der Waals surface area contributed by atoms with E-state index >= 15 is 0 Å². The summed E-state index contributed by atoms with van der Waals surface area (Å²) in [5.41, 5.74) is 1.04. The number of amides is 2. The van der Waals surface area contributed by atoms with Crippen LogP contribution in [-0.2, 0) is 20.7 Å². The third kappa shape index (κ3) is 5.25. The maximum atomic E-state index is 14.0. The monoisotopic (exact) mass is 446 g/mol. The molecule has 31 heavy (non-hydrogen) atoms. The standard InChI is InChI=1S/C23H27FN2O4S/c1-29-15-23(28)25(12-16-6-7-16)13-22(27)26-10-8-21-17(9-11-31-21)19(26)14-30-20-5-3-2-4-18(20)24/h2-5,9,11,16,19H,6-8,10,12-15H2,1H3/t19-/m1/s1. The number of fused-ring (bicyclic) bond motifs is 1. The summed E-state index contributed by atoms with van der Waals surface area (Å²) in [4.78, 5) is 30.4. The predicted octanol–water partition coefficient (Wildman–Crippen LogP) is 3.28. The number of hydrogen-bond acceptors (Lipinski definition) is 5. The van der Waals surface area contributed by atoms with Crippen molar-refractivity contribution < 1.29 is 23.5 Å². The molecule has 2 aliphatic rings. The molecular formula is C23H27FN2O4S. The Morgan fingerprint density at radius 3 is 2.81 bits per heavy atom. The maximum Gasteiger partial charge on any atom is 0.249 e. The van der Waals surface area contributed by atoms with Gasteiger partial charge in [0.25, 0.3) is 0 Å². The lowest BCUT2D eigenvalue weighted by molar-refractivity contribution is -0.144. The van der Waals surface area contributed by atoms with Gasteiger partial charge in [-0.15, -0.1) is 11.3 Å². The second-order valence-corrected chi connectivity index (χ2v) is 9.04. The van der Waals surface area contributed by atoms with Crippen LogP contribution in [0, 0.1) is 11.7 Å². The third-order valence-electron chi connectivity index (χ3n) is 5.77.